The number of thioether (sulfide) groups is 1. The van der Waals surface area contributed by atoms with Gasteiger partial charge in [0, 0.05) is 19.8 Å². The quantitative estimate of drug-likeness (QED) is 0.758. The third-order valence-corrected chi connectivity index (χ3v) is 5.75. The number of hydrogen-bond acceptors (Lipinski definition) is 7. The minimum atomic E-state index is -0.476. The van der Waals surface area contributed by atoms with Crippen molar-refractivity contribution in [3.05, 3.63) is 35.9 Å². The van der Waals surface area contributed by atoms with Crippen LogP contribution in [0.25, 0.3) is 0 Å². The molecule has 1 heterocycles. The molecule has 5 nitrogen and oxygen atoms in total. The number of rotatable bonds is 7. The molecule has 0 spiro atoms. The van der Waals surface area contributed by atoms with Crippen LogP contribution >= 0.6 is 23.1 Å². The summed E-state index contributed by atoms with van der Waals surface area (Å²) in [6, 6.07) is 9.99. The molecule has 1 aromatic carbocycles. The van der Waals surface area contributed by atoms with E-state index in [9.17, 15) is 5.11 Å². The van der Waals surface area contributed by atoms with E-state index in [-0.39, 0.29) is 6.61 Å². The molecular formula is C14H20N4OS2. The van der Waals surface area contributed by atoms with Gasteiger partial charge in [0.05, 0.1) is 12.1 Å². The molecule has 0 saturated heterocycles. The average Bonchev–Trinajstić information content (AvgIpc) is 2.99. The Hall–Kier alpha value is -1.15. The van der Waals surface area contributed by atoms with E-state index in [1.807, 2.05) is 56.4 Å². The predicted octanol–water partition coefficient (Wildman–Crippen LogP) is 1.80. The molecule has 0 saturated carbocycles. The number of nitrogens with one attached hydrogen (secondary N) is 1. The van der Waals surface area contributed by atoms with Crippen LogP contribution in [-0.4, -0.2) is 48.8 Å². The average molecular weight is 324 g/mol. The summed E-state index contributed by atoms with van der Waals surface area (Å²) in [6.45, 7) is 0.0276. The third kappa shape index (κ3) is 3.74. The monoisotopic (exact) mass is 324 g/mol. The van der Waals surface area contributed by atoms with Crippen molar-refractivity contribution >= 4 is 28.2 Å². The van der Waals surface area contributed by atoms with Crippen molar-refractivity contribution in [3.8, 4) is 0 Å². The fourth-order valence-corrected chi connectivity index (χ4v) is 3.91. The Morgan fingerprint density at radius 1 is 1.29 bits per heavy atom. The van der Waals surface area contributed by atoms with E-state index < -0.39 is 5.54 Å². The molecule has 0 amide bonds. The lowest BCUT2D eigenvalue weighted by atomic mass is 9.93. The molecule has 0 radical (unpaired) electrons. The minimum absolute atomic E-state index is 0.0276. The molecule has 2 rings (SSSR count). The van der Waals surface area contributed by atoms with E-state index in [0.717, 1.165) is 15.0 Å². The lowest BCUT2D eigenvalue weighted by molar-refractivity contribution is 0.187. The van der Waals surface area contributed by atoms with Gasteiger partial charge < -0.3 is 15.3 Å². The highest BCUT2D eigenvalue weighted by atomic mass is 32.2. The zero-order chi connectivity index (χ0) is 15.3. The van der Waals surface area contributed by atoms with E-state index in [4.69, 9.17) is 0 Å². The first kappa shape index (κ1) is 16.2. The van der Waals surface area contributed by atoms with Crippen molar-refractivity contribution in [2.45, 2.75) is 9.88 Å². The minimum Gasteiger partial charge on any atom is -0.394 e. The second-order valence-corrected chi connectivity index (χ2v) is 7.07. The van der Waals surface area contributed by atoms with Crippen LogP contribution in [0.15, 0.2) is 34.7 Å². The van der Waals surface area contributed by atoms with Crippen LogP contribution in [0.4, 0.5) is 5.13 Å². The molecule has 0 aliphatic rings. The Morgan fingerprint density at radius 3 is 2.52 bits per heavy atom. The fraction of sp³-hybridized carbons (Fsp3) is 0.429. The van der Waals surface area contributed by atoms with Gasteiger partial charge in [-0.2, -0.15) is 0 Å². The summed E-state index contributed by atoms with van der Waals surface area (Å²) in [5.41, 5.74) is 0.593. The van der Waals surface area contributed by atoms with Crippen molar-refractivity contribution in [2.24, 2.45) is 0 Å². The first-order chi connectivity index (χ1) is 10.1. The first-order valence-corrected chi connectivity index (χ1v) is 8.40. The van der Waals surface area contributed by atoms with E-state index in [1.165, 1.54) is 0 Å². The molecule has 2 aromatic rings. The van der Waals surface area contributed by atoms with Crippen molar-refractivity contribution in [1.82, 2.24) is 15.5 Å². The number of aromatic nitrogens is 2. The molecule has 21 heavy (non-hydrogen) atoms. The summed E-state index contributed by atoms with van der Waals surface area (Å²) in [5, 5.41) is 22.3. The van der Waals surface area contributed by atoms with Crippen molar-refractivity contribution in [1.29, 1.82) is 0 Å². The first-order valence-electron chi connectivity index (χ1n) is 6.60. The van der Waals surface area contributed by atoms with Crippen LogP contribution < -0.4 is 10.2 Å². The Balaban J connectivity index is 2.13. The number of benzene rings is 1. The van der Waals surface area contributed by atoms with Crippen LogP contribution in [0.2, 0.25) is 0 Å². The number of hydrogen-bond donors (Lipinski definition) is 2. The van der Waals surface area contributed by atoms with Crippen LogP contribution in [0.3, 0.4) is 0 Å². The molecular weight excluding hydrogens is 304 g/mol. The highest BCUT2D eigenvalue weighted by Crippen LogP contribution is 2.32. The number of aliphatic hydroxyl groups is 1. The third-order valence-electron chi connectivity index (χ3n) is 3.30. The van der Waals surface area contributed by atoms with Crippen molar-refractivity contribution in [3.63, 3.8) is 0 Å². The maximum Gasteiger partial charge on any atom is 0.208 e. The standard InChI is InChI=1S/C14H20N4OS2/c1-15-14(9-19,11-7-5-4-6-8-11)10-20-13-17-16-12(21-13)18(2)3/h4-8,15,19H,9-10H2,1-3H3. The number of nitrogens with zero attached hydrogens (tertiary/aromatic N) is 3. The van der Waals surface area contributed by atoms with Gasteiger partial charge in [-0.3, -0.25) is 0 Å². The summed E-state index contributed by atoms with van der Waals surface area (Å²) in [7, 11) is 5.77. The summed E-state index contributed by atoms with van der Waals surface area (Å²) in [5.74, 6) is 0.687. The summed E-state index contributed by atoms with van der Waals surface area (Å²) in [4.78, 5) is 1.94. The summed E-state index contributed by atoms with van der Waals surface area (Å²) in [6.07, 6.45) is 0. The number of aliphatic hydroxyl groups excluding tert-OH is 1. The van der Waals surface area contributed by atoms with Gasteiger partial charge >= 0.3 is 0 Å². The molecule has 7 heteroatoms. The van der Waals surface area contributed by atoms with Gasteiger partial charge in [0.15, 0.2) is 4.34 Å². The molecule has 0 bridgehead atoms. The normalized spacial score (nSPS) is 13.9. The van der Waals surface area contributed by atoms with Crippen LogP contribution in [0, 0.1) is 0 Å². The Bertz CT molecular complexity index is 555. The molecule has 1 aromatic heterocycles. The second kappa shape index (κ2) is 7.22. The lowest BCUT2D eigenvalue weighted by Gasteiger charge is -2.31. The van der Waals surface area contributed by atoms with Gasteiger partial charge in [-0.15, -0.1) is 10.2 Å². The van der Waals surface area contributed by atoms with Crippen LogP contribution in [0.5, 0.6) is 0 Å². The Kier molecular flexibility index (Phi) is 5.58. The highest BCUT2D eigenvalue weighted by molar-refractivity contribution is 8.01. The van der Waals surface area contributed by atoms with Gasteiger partial charge in [-0.25, -0.2) is 0 Å². The zero-order valence-electron chi connectivity index (χ0n) is 12.4. The van der Waals surface area contributed by atoms with Crippen molar-refractivity contribution in [2.75, 3.05) is 38.4 Å². The van der Waals surface area contributed by atoms with Crippen LogP contribution in [0.1, 0.15) is 5.56 Å². The molecule has 1 unspecified atom stereocenters. The maximum absolute atomic E-state index is 9.88. The summed E-state index contributed by atoms with van der Waals surface area (Å²) < 4.78 is 0.905. The molecule has 2 N–H and O–H groups in total. The molecule has 114 valence electrons. The smallest absolute Gasteiger partial charge is 0.208 e. The molecule has 0 aliphatic carbocycles. The Labute approximate surface area is 133 Å². The van der Waals surface area contributed by atoms with Gasteiger partial charge in [0.25, 0.3) is 0 Å². The van der Waals surface area contributed by atoms with Crippen molar-refractivity contribution < 1.29 is 5.11 Å². The Morgan fingerprint density at radius 2 is 2.00 bits per heavy atom. The topological polar surface area (TPSA) is 61.3 Å². The van der Waals surface area contributed by atoms with E-state index in [2.05, 4.69) is 15.5 Å². The fourth-order valence-electron chi connectivity index (χ4n) is 1.90. The van der Waals surface area contributed by atoms with Gasteiger partial charge in [-0.05, 0) is 12.6 Å². The lowest BCUT2D eigenvalue weighted by Crippen LogP contribution is -2.45. The molecule has 0 fully saturated rings. The van der Waals surface area contributed by atoms with Gasteiger partial charge in [-0.1, -0.05) is 53.4 Å². The van der Waals surface area contributed by atoms with Gasteiger partial charge in [0.1, 0.15) is 0 Å². The summed E-state index contributed by atoms with van der Waals surface area (Å²) >= 11 is 3.16. The van der Waals surface area contributed by atoms with E-state index >= 15 is 0 Å². The second-order valence-electron chi connectivity index (χ2n) is 4.89. The van der Waals surface area contributed by atoms with E-state index in [1.54, 1.807) is 23.1 Å². The van der Waals surface area contributed by atoms with Gasteiger partial charge in [0.2, 0.25) is 5.13 Å². The molecule has 0 aliphatic heterocycles. The number of likely N-dealkylation sites (N-methyl/N-ethyl adjacent to an activating group) is 1. The SMILES string of the molecule is CNC(CO)(CSc1nnc(N(C)C)s1)c1ccccc1. The highest BCUT2D eigenvalue weighted by Gasteiger charge is 2.30. The predicted molar refractivity (Wildman–Crippen MR) is 89.2 cm³/mol. The maximum atomic E-state index is 9.88. The van der Waals surface area contributed by atoms with E-state index in [0.29, 0.717) is 5.75 Å². The number of anilines is 1. The zero-order valence-corrected chi connectivity index (χ0v) is 14.0. The molecule has 1 atom stereocenters. The van der Waals surface area contributed by atoms with Crippen LogP contribution in [-0.2, 0) is 5.54 Å². The largest absolute Gasteiger partial charge is 0.394 e.